The zero-order valence-corrected chi connectivity index (χ0v) is 13.6. The molecular weight excluding hydrogens is 274 g/mol. The van der Waals surface area contributed by atoms with Crippen LogP contribution in [0.2, 0.25) is 0 Å². The van der Waals surface area contributed by atoms with Gasteiger partial charge in [-0.2, -0.15) is 0 Å². The monoisotopic (exact) mass is 299 g/mol. The van der Waals surface area contributed by atoms with Crippen LogP contribution in [0, 0.1) is 5.41 Å². The first-order valence-corrected chi connectivity index (χ1v) is 7.74. The average Bonchev–Trinajstić information content (AvgIpc) is 2.51. The number of rotatable bonds is 6. The van der Waals surface area contributed by atoms with Gasteiger partial charge >= 0.3 is 0 Å². The van der Waals surface area contributed by atoms with Gasteiger partial charge in [0.15, 0.2) is 0 Å². The van der Waals surface area contributed by atoms with Crippen LogP contribution >= 0.6 is 0 Å². The summed E-state index contributed by atoms with van der Waals surface area (Å²) in [6.07, 6.45) is 4.53. The summed E-state index contributed by atoms with van der Waals surface area (Å²) in [5.41, 5.74) is 2.12. The van der Waals surface area contributed by atoms with Gasteiger partial charge in [0.25, 0.3) is 0 Å². The first-order valence-electron chi connectivity index (χ1n) is 7.74. The quantitative estimate of drug-likeness (QED) is 0.852. The van der Waals surface area contributed by atoms with Crippen LogP contribution in [-0.4, -0.2) is 10.1 Å². The van der Waals surface area contributed by atoms with E-state index in [1.54, 1.807) is 12.4 Å². The van der Waals surface area contributed by atoms with Crippen molar-refractivity contribution in [3.05, 3.63) is 59.9 Å². The molecule has 2 aromatic rings. The molecule has 0 aliphatic heterocycles. The fourth-order valence-corrected chi connectivity index (χ4v) is 2.25. The van der Waals surface area contributed by atoms with Crippen LogP contribution in [0.15, 0.2) is 48.8 Å². The maximum atomic E-state index is 10.5. The average molecular weight is 299 g/mol. The fraction of sp³-hybridized carbons (Fsp3) is 0.421. The lowest BCUT2D eigenvalue weighted by Gasteiger charge is -2.21. The van der Waals surface area contributed by atoms with E-state index in [1.165, 1.54) is 0 Å². The molecule has 0 fully saturated rings. The summed E-state index contributed by atoms with van der Waals surface area (Å²) in [7, 11) is 0. The summed E-state index contributed by atoms with van der Waals surface area (Å²) in [5, 5.41) is 10.5. The molecule has 0 bridgehead atoms. The summed E-state index contributed by atoms with van der Waals surface area (Å²) in [5.74, 6) is 0.660. The van der Waals surface area contributed by atoms with Crippen molar-refractivity contribution < 1.29 is 9.84 Å². The van der Waals surface area contributed by atoms with Gasteiger partial charge in [0.2, 0.25) is 0 Å². The largest absolute Gasteiger partial charge is 0.487 e. The number of aliphatic hydroxyl groups excluding tert-OH is 1. The lowest BCUT2D eigenvalue weighted by atomic mass is 9.88. The second kappa shape index (κ2) is 7.41. The first-order chi connectivity index (χ1) is 10.5. The SMILES string of the molecule is CC(C)(C)CCC(O)c1ccncc1OCc1ccccc1. The molecule has 1 unspecified atom stereocenters. The van der Waals surface area contributed by atoms with Gasteiger partial charge < -0.3 is 9.84 Å². The lowest BCUT2D eigenvalue weighted by molar-refractivity contribution is 0.142. The number of ether oxygens (including phenoxy) is 1. The van der Waals surface area contributed by atoms with E-state index >= 15 is 0 Å². The minimum atomic E-state index is -0.520. The molecule has 1 N–H and O–H groups in total. The van der Waals surface area contributed by atoms with Crippen molar-refractivity contribution in [2.75, 3.05) is 0 Å². The maximum absolute atomic E-state index is 10.5. The standard InChI is InChI=1S/C19H25NO2/c1-19(2,3)11-9-17(21)16-10-12-20-13-18(16)22-14-15-7-5-4-6-8-15/h4-8,10,12-13,17,21H,9,11,14H2,1-3H3. The molecule has 1 heterocycles. The Bertz CT molecular complexity index is 575. The normalized spacial score (nSPS) is 12.9. The van der Waals surface area contributed by atoms with Crippen molar-refractivity contribution in [2.24, 2.45) is 5.41 Å². The van der Waals surface area contributed by atoms with E-state index in [0.717, 1.165) is 24.0 Å². The second-order valence-electron chi connectivity index (χ2n) is 6.80. The molecule has 3 heteroatoms. The summed E-state index contributed by atoms with van der Waals surface area (Å²) < 4.78 is 5.85. The van der Waals surface area contributed by atoms with Crippen LogP contribution in [-0.2, 0) is 6.61 Å². The second-order valence-corrected chi connectivity index (χ2v) is 6.80. The molecule has 0 aliphatic rings. The third-order valence-corrected chi connectivity index (χ3v) is 3.58. The molecule has 1 aromatic carbocycles. The number of hydrogen-bond donors (Lipinski definition) is 1. The van der Waals surface area contributed by atoms with Crippen molar-refractivity contribution in [1.82, 2.24) is 4.98 Å². The molecule has 0 saturated heterocycles. The van der Waals surface area contributed by atoms with Gasteiger partial charge in [0.05, 0.1) is 12.3 Å². The van der Waals surface area contributed by atoms with Crippen molar-refractivity contribution >= 4 is 0 Å². The number of benzene rings is 1. The minimum absolute atomic E-state index is 0.207. The van der Waals surface area contributed by atoms with E-state index in [0.29, 0.717) is 12.4 Å². The Morgan fingerprint density at radius 1 is 1.14 bits per heavy atom. The third kappa shape index (κ3) is 5.15. The van der Waals surface area contributed by atoms with Gasteiger partial charge in [-0.05, 0) is 29.9 Å². The zero-order chi connectivity index (χ0) is 16.0. The highest BCUT2D eigenvalue weighted by molar-refractivity contribution is 5.32. The minimum Gasteiger partial charge on any atom is -0.487 e. The molecule has 0 saturated carbocycles. The van der Waals surface area contributed by atoms with E-state index in [2.05, 4.69) is 25.8 Å². The number of aliphatic hydroxyl groups is 1. The lowest BCUT2D eigenvalue weighted by Crippen LogP contribution is -2.09. The molecular formula is C19H25NO2. The molecule has 0 amide bonds. The topological polar surface area (TPSA) is 42.4 Å². The molecule has 22 heavy (non-hydrogen) atoms. The van der Waals surface area contributed by atoms with Crippen LogP contribution in [0.5, 0.6) is 5.75 Å². The molecule has 118 valence electrons. The summed E-state index contributed by atoms with van der Waals surface area (Å²) in [6, 6.07) is 11.8. The van der Waals surface area contributed by atoms with Crippen molar-refractivity contribution in [3.63, 3.8) is 0 Å². The van der Waals surface area contributed by atoms with Gasteiger partial charge in [-0.1, -0.05) is 51.1 Å². The van der Waals surface area contributed by atoms with Crippen molar-refractivity contribution in [3.8, 4) is 5.75 Å². The van der Waals surface area contributed by atoms with Gasteiger partial charge in [-0.25, -0.2) is 0 Å². The predicted molar refractivity (Wildman–Crippen MR) is 88.7 cm³/mol. The fourth-order valence-electron chi connectivity index (χ4n) is 2.25. The molecule has 0 radical (unpaired) electrons. The molecule has 1 atom stereocenters. The Morgan fingerprint density at radius 3 is 2.55 bits per heavy atom. The maximum Gasteiger partial charge on any atom is 0.143 e. The van der Waals surface area contributed by atoms with E-state index in [-0.39, 0.29) is 5.41 Å². The Hall–Kier alpha value is -1.87. The first kappa shape index (κ1) is 16.5. The Kier molecular flexibility index (Phi) is 5.56. The highest BCUT2D eigenvalue weighted by Gasteiger charge is 2.18. The molecule has 0 spiro atoms. The third-order valence-electron chi connectivity index (χ3n) is 3.58. The molecule has 3 nitrogen and oxygen atoms in total. The highest BCUT2D eigenvalue weighted by Crippen LogP contribution is 2.31. The number of pyridine rings is 1. The van der Waals surface area contributed by atoms with E-state index in [1.807, 2.05) is 36.4 Å². The van der Waals surface area contributed by atoms with Crippen LogP contribution in [0.25, 0.3) is 0 Å². The Labute approximate surface area is 133 Å². The predicted octanol–water partition coefficient (Wildman–Crippen LogP) is 4.52. The number of aromatic nitrogens is 1. The number of nitrogens with zero attached hydrogens (tertiary/aromatic N) is 1. The van der Waals surface area contributed by atoms with E-state index in [9.17, 15) is 5.11 Å². The Balaban J connectivity index is 2.03. The van der Waals surface area contributed by atoms with Crippen LogP contribution in [0.1, 0.15) is 50.8 Å². The zero-order valence-electron chi connectivity index (χ0n) is 13.6. The van der Waals surface area contributed by atoms with Crippen LogP contribution < -0.4 is 4.74 Å². The van der Waals surface area contributed by atoms with E-state index in [4.69, 9.17) is 4.74 Å². The molecule has 2 rings (SSSR count). The Morgan fingerprint density at radius 2 is 1.86 bits per heavy atom. The van der Waals surface area contributed by atoms with E-state index < -0.39 is 6.10 Å². The van der Waals surface area contributed by atoms with Gasteiger partial charge in [0.1, 0.15) is 12.4 Å². The van der Waals surface area contributed by atoms with Gasteiger partial charge in [-0.3, -0.25) is 4.98 Å². The smallest absolute Gasteiger partial charge is 0.143 e. The van der Waals surface area contributed by atoms with Crippen molar-refractivity contribution in [2.45, 2.75) is 46.3 Å². The summed E-state index contributed by atoms with van der Waals surface area (Å²) in [6.45, 7) is 7.02. The highest BCUT2D eigenvalue weighted by atomic mass is 16.5. The molecule has 1 aromatic heterocycles. The van der Waals surface area contributed by atoms with Gasteiger partial charge in [0, 0.05) is 11.8 Å². The van der Waals surface area contributed by atoms with Crippen LogP contribution in [0.4, 0.5) is 0 Å². The van der Waals surface area contributed by atoms with Gasteiger partial charge in [-0.15, -0.1) is 0 Å². The van der Waals surface area contributed by atoms with Crippen LogP contribution in [0.3, 0.4) is 0 Å². The summed E-state index contributed by atoms with van der Waals surface area (Å²) >= 11 is 0. The molecule has 0 aliphatic carbocycles. The van der Waals surface area contributed by atoms with Crippen molar-refractivity contribution in [1.29, 1.82) is 0 Å². The summed E-state index contributed by atoms with van der Waals surface area (Å²) in [4.78, 5) is 4.11. The number of hydrogen-bond acceptors (Lipinski definition) is 3.